The van der Waals surface area contributed by atoms with E-state index in [0.29, 0.717) is 31.2 Å². The molecule has 2 aromatic heterocycles. The number of nitrogens with one attached hydrogen (secondary N) is 1. The Kier molecular flexibility index (Phi) is 4.00. The highest BCUT2D eigenvalue weighted by atomic mass is 32.1. The summed E-state index contributed by atoms with van der Waals surface area (Å²) in [6.07, 6.45) is 0.647. The number of thiophene rings is 1. The number of nitro groups is 1. The van der Waals surface area contributed by atoms with Gasteiger partial charge in [0.05, 0.1) is 4.92 Å². The van der Waals surface area contributed by atoms with Gasteiger partial charge in [-0.05, 0) is 13.0 Å². The minimum Gasteiger partial charge on any atom is -0.339 e. The van der Waals surface area contributed by atoms with Crippen molar-refractivity contribution >= 4 is 16.3 Å². The summed E-state index contributed by atoms with van der Waals surface area (Å²) in [6, 6.07) is 3.27. The third kappa shape index (κ3) is 3.34. The van der Waals surface area contributed by atoms with Crippen molar-refractivity contribution in [3.63, 3.8) is 0 Å². The Hall–Kier alpha value is -1.80. The van der Waals surface area contributed by atoms with Gasteiger partial charge in [0, 0.05) is 30.5 Å². The molecule has 0 aliphatic carbocycles. The van der Waals surface area contributed by atoms with Crippen LogP contribution in [0.5, 0.6) is 0 Å². The first-order valence-electron chi connectivity index (χ1n) is 5.38. The van der Waals surface area contributed by atoms with Crippen molar-refractivity contribution in [3.8, 4) is 0 Å². The average Bonchev–Trinajstić information content (AvgIpc) is 2.93. The molecule has 18 heavy (non-hydrogen) atoms. The summed E-state index contributed by atoms with van der Waals surface area (Å²) >= 11 is 1.18. The van der Waals surface area contributed by atoms with Gasteiger partial charge in [-0.2, -0.15) is 4.98 Å². The Bertz CT molecular complexity index is 537. The van der Waals surface area contributed by atoms with Gasteiger partial charge in [0.1, 0.15) is 0 Å². The molecule has 7 nitrogen and oxygen atoms in total. The second kappa shape index (κ2) is 5.69. The number of nitrogens with zero attached hydrogens (tertiary/aromatic N) is 3. The number of aromatic nitrogens is 2. The SMILES string of the molecule is Cc1noc(CCNCc2ccc([N+](=O)[O-])s2)n1. The van der Waals surface area contributed by atoms with Gasteiger partial charge in [-0.15, -0.1) is 0 Å². The predicted octanol–water partition coefficient (Wildman–Crippen LogP) is 1.68. The first-order chi connectivity index (χ1) is 8.65. The maximum atomic E-state index is 10.5. The van der Waals surface area contributed by atoms with Gasteiger partial charge in [-0.1, -0.05) is 16.5 Å². The fourth-order valence-corrected chi connectivity index (χ4v) is 2.20. The zero-order valence-corrected chi connectivity index (χ0v) is 10.6. The average molecular weight is 268 g/mol. The van der Waals surface area contributed by atoms with Crippen LogP contribution in [0.25, 0.3) is 0 Å². The Balaban J connectivity index is 1.73. The van der Waals surface area contributed by atoms with Crippen LogP contribution in [-0.4, -0.2) is 21.6 Å². The third-order valence-corrected chi connectivity index (χ3v) is 3.25. The number of rotatable bonds is 6. The van der Waals surface area contributed by atoms with E-state index in [1.807, 2.05) is 0 Å². The van der Waals surface area contributed by atoms with Crippen molar-refractivity contribution in [2.45, 2.75) is 19.9 Å². The van der Waals surface area contributed by atoms with Crippen LogP contribution in [0.15, 0.2) is 16.7 Å². The lowest BCUT2D eigenvalue weighted by Gasteiger charge is -1.99. The van der Waals surface area contributed by atoms with Crippen LogP contribution in [0, 0.1) is 17.0 Å². The maximum absolute atomic E-state index is 10.5. The topological polar surface area (TPSA) is 94.1 Å². The summed E-state index contributed by atoms with van der Waals surface area (Å²) < 4.78 is 4.96. The van der Waals surface area contributed by atoms with Crippen LogP contribution in [0.3, 0.4) is 0 Å². The van der Waals surface area contributed by atoms with E-state index in [1.54, 1.807) is 13.0 Å². The van der Waals surface area contributed by atoms with Crippen LogP contribution >= 0.6 is 11.3 Å². The van der Waals surface area contributed by atoms with E-state index >= 15 is 0 Å². The van der Waals surface area contributed by atoms with Gasteiger partial charge < -0.3 is 9.84 Å². The van der Waals surface area contributed by atoms with Crippen LogP contribution < -0.4 is 5.32 Å². The van der Waals surface area contributed by atoms with E-state index in [4.69, 9.17) is 4.52 Å². The first kappa shape index (κ1) is 12.7. The molecule has 1 N–H and O–H groups in total. The Morgan fingerprint density at radius 2 is 2.39 bits per heavy atom. The number of hydrogen-bond acceptors (Lipinski definition) is 7. The van der Waals surface area contributed by atoms with Crippen molar-refractivity contribution in [1.29, 1.82) is 0 Å². The van der Waals surface area contributed by atoms with Crippen LogP contribution in [-0.2, 0) is 13.0 Å². The Morgan fingerprint density at radius 1 is 1.56 bits per heavy atom. The molecule has 0 aliphatic heterocycles. The zero-order valence-electron chi connectivity index (χ0n) is 9.75. The minimum absolute atomic E-state index is 0.166. The summed E-state index contributed by atoms with van der Waals surface area (Å²) in [5, 5.41) is 17.5. The summed E-state index contributed by atoms with van der Waals surface area (Å²) in [7, 11) is 0. The molecule has 0 aliphatic rings. The fourth-order valence-electron chi connectivity index (χ4n) is 1.41. The van der Waals surface area contributed by atoms with Gasteiger partial charge >= 0.3 is 5.00 Å². The summed E-state index contributed by atoms with van der Waals surface area (Å²) in [4.78, 5) is 15.1. The molecular weight excluding hydrogens is 256 g/mol. The molecule has 0 radical (unpaired) electrons. The van der Waals surface area contributed by atoms with Crippen molar-refractivity contribution in [2.24, 2.45) is 0 Å². The highest BCUT2D eigenvalue weighted by Crippen LogP contribution is 2.23. The Morgan fingerprint density at radius 3 is 3.00 bits per heavy atom. The van der Waals surface area contributed by atoms with Gasteiger partial charge in [-0.3, -0.25) is 10.1 Å². The maximum Gasteiger partial charge on any atom is 0.324 e. The molecule has 96 valence electrons. The minimum atomic E-state index is -0.380. The van der Waals surface area contributed by atoms with Gasteiger partial charge in [0.15, 0.2) is 5.82 Å². The van der Waals surface area contributed by atoms with Crippen LogP contribution in [0.1, 0.15) is 16.6 Å². The second-order valence-corrected chi connectivity index (χ2v) is 4.81. The third-order valence-electron chi connectivity index (χ3n) is 2.21. The van der Waals surface area contributed by atoms with E-state index in [2.05, 4.69) is 15.5 Å². The second-order valence-electron chi connectivity index (χ2n) is 3.66. The molecule has 0 fully saturated rings. The summed E-state index contributed by atoms with van der Waals surface area (Å²) in [5.74, 6) is 1.22. The molecule has 8 heteroatoms. The molecule has 2 rings (SSSR count). The molecule has 2 heterocycles. The molecule has 0 saturated heterocycles. The lowest BCUT2D eigenvalue weighted by molar-refractivity contribution is -0.380. The molecule has 0 bridgehead atoms. The number of aryl methyl sites for hydroxylation is 1. The van der Waals surface area contributed by atoms with E-state index in [9.17, 15) is 10.1 Å². The molecule has 0 unspecified atom stereocenters. The van der Waals surface area contributed by atoms with Gasteiger partial charge in [-0.25, -0.2) is 0 Å². The molecule has 0 aromatic carbocycles. The molecule has 0 spiro atoms. The largest absolute Gasteiger partial charge is 0.339 e. The van der Waals surface area contributed by atoms with E-state index in [1.165, 1.54) is 17.4 Å². The zero-order chi connectivity index (χ0) is 13.0. The van der Waals surface area contributed by atoms with E-state index < -0.39 is 0 Å². The molecule has 0 saturated carbocycles. The van der Waals surface area contributed by atoms with Gasteiger partial charge in [0.2, 0.25) is 5.89 Å². The fraction of sp³-hybridized carbons (Fsp3) is 0.400. The van der Waals surface area contributed by atoms with Crippen molar-refractivity contribution in [2.75, 3.05) is 6.54 Å². The molecule has 0 atom stereocenters. The quantitative estimate of drug-likeness (QED) is 0.486. The highest BCUT2D eigenvalue weighted by molar-refractivity contribution is 7.15. The lowest BCUT2D eigenvalue weighted by atomic mass is 10.4. The van der Waals surface area contributed by atoms with Crippen molar-refractivity contribution in [1.82, 2.24) is 15.5 Å². The lowest BCUT2D eigenvalue weighted by Crippen LogP contribution is -2.16. The summed E-state index contributed by atoms with van der Waals surface area (Å²) in [5.41, 5.74) is 0. The van der Waals surface area contributed by atoms with Crippen LogP contribution in [0.2, 0.25) is 0 Å². The van der Waals surface area contributed by atoms with Crippen molar-refractivity contribution in [3.05, 3.63) is 38.8 Å². The number of hydrogen-bond donors (Lipinski definition) is 1. The van der Waals surface area contributed by atoms with Crippen LogP contribution in [0.4, 0.5) is 5.00 Å². The summed E-state index contributed by atoms with van der Waals surface area (Å²) in [6.45, 7) is 3.06. The molecular formula is C10H12N4O3S. The molecule has 2 aromatic rings. The normalized spacial score (nSPS) is 10.7. The predicted molar refractivity (Wildman–Crippen MR) is 65.4 cm³/mol. The van der Waals surface area contributed by atoms with E-state index in [-0.39, 0.29) is 9.92 Å². The van der Waals surface area contributed by atoms with E-state index in [0.717, 1.165) is 4.88 Å². The smallest absolute Gasteiger partial charge is 0.324 e. The van der Waals surface area contributed by atoms with Crippen molar-refractivity contribution < 1.29 is 9.45 Å². The standard InChI is InChI=1S/C10H12N4O3S/c1-7-12-9(17-13-7)4-5-11-6-8-2-3-10(18-8)14(15)16/h2-3,11H,4-6H2,1H3. The first-order valence-corrected chi connectivity index (χ1v) is 6.20. The monoisotopic (exact) mass is 268 g/mol. The van der Waals surface area contributed by atoms with Gasteiger partial charge in [0.25, 0.3) is 0 Å². The molecule has 0 amide bonds. The Labute approximate surface area is 107 Å². The highest BCUT2D eigenvalue weighted by Gasteiger charge is 2.09.